The normalized spacial score (nSPS) is 10.7. The Bertz CT molecular complexity index is 915. The second kappa shape index (κ2) is 8.83. The van der Waals surface area contributed by atoms with E-state index in [-0.39, 0.29) is 11.7 Å². The highest BCUT2D eigenvalue weighted by molar-refractivity contribution is 7.12. The van der Waals surface area contributed by atoms with E-state index in [1.807, 2.05) is 5.38 Å². The van der Waals surface area contributed by atoms with E-state index in [1.165, 1.54) is 35.6 Å². The summed E-state index contributed by atoms with van der Waals surface area (Å²) < 4.78 is 34.2. The number of anilines is 1. The third-order valence-corrected chi connectivity index (χ3v) is 4.63. The molecule has 2 aromatic carbocycles. The number of halogens is 3. The number of nitrogens with one attached hydrogen (secondary N) is 1. The van der Waals surface area contributed by atoms with Gasteiger partial charge in [0.2, 0.25) is 0 Å². The van der Waals surface area contributed by atoms with Gasteiger partial charge in [-0.15, -0.1) is 11.3 Å². The van der Waals surface area contributed by atoms with Crippen molar-refractivity contribution in [2.24, 2.45) is 0 Å². The van der Waals surface area contributed by atoms with Crippen LogP contribution in [0.15, 0.2) is 60.0 Å². The largest absolute Gasteiger partial charge is 0.489 e. The molecule has 0 aliphatic carbocycles. The zero-order valence-corrected chi connectivity index (χ0v) is 15.4. The van der Waals surface area contributed by atoms with Crippen LogP contribution in [-0.4, -0.2) is 12.5 Å². The molecule has 1 heterocycles. The van der Waals surface area contributed by atoms with E-state index < -0.39 is 6.61 Å². The molecule has 0 bridgehead atoms. The summed E-state index contributed by atoms with van der Waals surface area (Å²) in [5.74, 6) is 0.377. The Labute approximate surface area is 163 Å². The maximum Gasteiger partial charge on any atom is 0.387 e. The van der Waals surface area contributed by atoms with E-state index in [2.05, 4.69) is 10.1 Å². The Hall–Kier alpha value is -2.64. The van der Waals surface area contributed by atoms with Gasteiger partial charge in [-0.3, -0.25) is 4.79 Å². The summed E-state index contributed by atoms with van der Waals surface area (Å²) in [5.41, 5.74) is 1.33. The highest BCUT2D eigenvalue weighted by Crippen LogP contribution is 2.22. The Balaban J connectivity index is 1.56. The van der Waals surface area contributed by atoms with Crippen LogP contribution >= 0.6 is 22.9 Å². The minimum absolute atomic E-state index is 0.0274. The van der Waals surface area contributed by atoms with Crippen LogP contribution < -0.4 is 14.8 Å². The van der Waals surface area contributed by atoms with Crippen molar-refractivity contribution >= 4 is 34.5 Å². The molecule has 0 aliphatic rings. The molecule has 0 radical (unpaired) electrons. The molecule has 3 aromatic rings. The van der Waals surface area contributed by atoms with Crippen LogP contribution in [0.5, 0.6) is 11.5 Å². The number of rotatable bonds is 7. The predicted octanol–water partition coefficient (Wildman–Crippen LogP) is 5.83. The first kappa shape index (κ1) is 19.1. The Kier molecular flexibility index (Phi) is 6.26. The van der Waals surface area contributed by atoms with E-state index >= 15 is 0 Å². The van der Waals surface area contributed by atoms with E-state index in [4.69, 9.17) is 16.3 Å². The zero-order valence-electron chi connectivity index (χ0n) is 13.8. The third-order valence-electron chi connectivity index (χ3n) is 3.42. The average molecular weight is 410 g/mol. The molecule has 27 heavy (non-hydrogen) atoms. The van der Waals surface area contributed by atoms with Crippen LogP contribution in [0.4, 0.5) is 14.5 Å². The van der Waals surface area contributed by atoms with Crippen LogP contribution in [-0.2, 0) is 6.61 Å². The number of hydrogen-bond donors (Lipinski definition) is 1. The zero-order chi connectivity index (χ0) is 19.2. The van der Waals surface area contributed by atoms with E-state index in [0.29, 0.717) is 27.9 Å². The van der Waals surface area contributed by atoms with Crippen LogP contribution in [0.1, 0.15) is 15.2 Å². The molecular formula is C19H14ClF2NO3S. The number of benzene rings is 2. The van der Waals surface area contributed by atoms with E-state index in [9.17, 15) is 13.6 Å². The van der Waals surface area contributed by atoms with Crippen molar-refractivity contribution < 1.29 is 23.0 Å². The minimum atomic E-state index is -2.89. The van der Waals surface area contributed by atoms with Gasteiger partial charge in [0, 0.05) is 16.3 Å². The molecule has 0 saturated carbocycles. The molecule has 0 fully saturated rings. The second-order valence-corrected chi connectivity index (χ2v) is 6.77. The summed E-state index contributed by atoms with van der Waals surface area (Å²) in [6.45, 7) is -2.58. The lowest BCUT2D eigenvalue weighted by Crippen LogP contribution is -2.10. The molecule has 0 saturated heterocycles. The Morgan fingerprint density at radius 3 is 2.59 bits per heavy atom. The highest BCUT2D eigenvalue weighted by atomic mass is 35.5. The monoisotopic (exact) mass is 409 g/mol. The lowest BCUT2D eigenvalue weighted by molar-refractivity contribution is -0.0498. The van der Waals surface area contributed by atoms with Crippen molar-refractivity contribution in [3.8, 4) is 11.5 Å². The van der Waals surface area contributed by atoms with Crippen molar-refractivity contribution in [1.29, 1.82) is 0 Å². The number of ether oxygens (including phenoxy) is 2. The van der Waals surface area contributed by atoms with Gasteiger partial charge >= 0.3 is 6.61 Å². The van der Waals surface area contributed by atoms with Crippen molar-refractivity contribution in [2.75, 3.05) is 5.32 Å². The van der Waals surface area contributed by atoms with Crippen molar-refractivity contribution in [3.05, 3.63) is 75.4 Å². The average Bonchev–Trinajstić information content (AvgIpc) is 3.10. The molecule has 0 spiro atoms. The van der Waals surface area contributed by atoms with Gasteiger partial charge in [0.25, 0.3) is 5.91 Å². The maximum absolute atomic E-state index is 12.3. The molecule has 1 N–H and O–H groups in total. The first-order valence-corrected chi connectivity index (χ1v) is 9.07. The maximum atomic E-state index is 12.3. The van der Waals surface area contributed by atoms with Crippen LogP contribution in [0, 0.1) is 0 Å². The Morgan fingerprint density at radius 1 is 1.11 bits per heavy atom. The highest BCUT2D eigenvalue weighted by Gasteiger charge is 2.11. The molecule has 1 amide bonds. The molecule has 0 atom stereocenters. The summed E-state index contributed by atoms with van der Waals surface area (Å²) in [7, 11) is 0. The number of carbonyl (C=O) groups excluding carboxylic acids is 1. The standard InChI is InChI=1S/C19H14ClF2NO3S/c20-13-2-1-3-16(9-13)25-10-12-8-17(27-11-12)18(24)23-14-4-6-15(7-5-14)26-19(21)22/h1-9,11,19H,10H2,(H,23,24). The molecular weight excluding hydrogens is 396 g/mol. The fraction of sp³-hybridized carbons (Fsp3) is 0.105. The summed E-state index contributed by atoms with van der Waals surface area (Å²) in [6, 6.07) is 14.5. The SMILES string of the molecule is O=C(Nc1ccc(OC(F)F)cc1)c1cc(COc2cccc(Cl)c2)cs1. The lowest BCUT2D eigenvalue weighted by atomic mass is 10.3. The number of carbonyl (C=O) groups is 1. The summed E-state index contributed by atoms with van der Waals surface area (Å²) >= 11 is 7.19. The van der Waals surface area contributed by atoms with E-state index in [0.717, 1.165) is 5.56 Å². The molecule has 3 rings (SSSR count). The van der Waals surface area contributed by atoms with Crippen LogP contribution in [0.2, 0.25) is 5.02 Å². The fourth-order valence-corrected chi connectivity index (χ4v) is 3.18. The molecule has 1 aromatic heterocycles. The molecule has 4 nitrogen and oxygen atoms in total. The predicted molar refractivity (Wildman–Crippen MR) is 101 cm³/mol. The summed E-state index contributed by atoms with van der Waals surface area (Å²) in [4.78, 5) is 12.8. The van der Waals surface area contributed by atoms with Gasteiger partial charge in [0.05, 0.1) is 4.88 Å². The molecule has 0 aliphatic heterocycles. The Morgan fingerprint density at radius 2 is 1.89 bits per heavy atom. The third kappa shape index (κ3) is 5.67. The quantitative estimate of drug-likeness (QED) is 0.533. The number of amides is 1. The topological polar surface area (TPSA) is 47.6 Å². The minimum Gasteiger partial charge on any atom is -0.489 e. The first-order valence-electron chi connectivity index (χ1n) is 7.81. The molecule has 8 heteroatoms. The molecule has 140 valence electrons. The molecule has 0 unspecified atom stereocenters. The van der Waals surface area contributed by atoms with Gasteiger partial charge in [0.15, 0.2) is 0 Å². The smallest absolute Gasteiger partial charge is 0.387 e. The van der Waals surface area contributed by atoms with Gasteiger partial charge in [-0.25, -0.2) is 0 Å². The second-order valence-electron chi connectivity index (χ2n) is 5.42. The van der Waals surface area contributed by atoms with Crippen molar-refractivity contribution in [1.82, 2.24) is 0 Å². The number of thiophene rings is 1. The van der Waals surface area contributed by atoms with Gasteiger partial charge in [-0.1, -0.05) is 17.7 Å². The summed E-state index contributed by atoms with van der Waals surface area (Å²) in [5, 5.41) is 5.12. The van der Waals surface area contributed by atoms with Crippen LogP contribution in [0.3, 0.4) is 0 Å². The number of hydrogen-bond acceptors (Lipinski definition) is 4. The number of alkyl halides is 2. The van der Waals surface area contributed by atoms with Crippen molar-refractivity contribution in [3.63, 3.8) is 0 Å². The summed E-state index contributed by atoms with van der Waals surface area (Å²) in [6.07, 6.45) is 0. The van der Waals surface area contributed by atoms with Gasteiger partial charge in [0.1, 0.15) is 18.1 Å². The lowest BCUT2D eigenvalue weighted by Gasteiger charge is -2.07. The van der Waals surface area contributed by atoms with Gasteiger partial charge in [-0.05, 0) is 53.9 Å². The first-order chi connectivity index (χ1) is 13.0. The van der Waals surface area contributed by atoms with Gasteiger partial charge in [-0.2, -0.15) is 8.78 Å². The van der Waals surface area contributed by atoms with Crippen LogP contribution in [0.25, 0.3) is 0 Å². The fourth-order valence-electron chi connectivity index (χ4n) is 2.21. The van der Waals surface area contributed by atoms with Gasteiger partial charge < -0.3 is 14.8 Å². The van der Waals surface area contributed by atoms with Crippen molar-refractivity contribution in [2.45, 2.75) is 13.2 Å². The van der Waals surface area contributed by atoms with E-state index in [1.54, 1.807) is 30.3 Å².